The number of rotatable bonds is 5. The summed E-state index contributed by atoms with van der Waals surface area (Å²) in [5, 5.41) is 0. The lowest BCUT2D eigenvalue weighted by molar-refractivity contribution is -0.144. The van der Waals surface area contributed by atoms with Gasteiger partial charge in [0.15, 0.2) is 0 Å². The lowest BCUT2D eigenvalue weighted by atomic mass is 10.3. The van der Waals surface area contributed by atoms with E-state index in [1.165, 1.54) is 6.92 Å². The Morgan fingerprint density at radius 3 is 2.38 bits per heavy atom. The van der Waals surface area contributed by atoms with Gasteiger partial charge in [0.05, 0.1) is 25.4 Å². The molecule has 0 bridgehead atoms. The predicted octanol–water partition coefficient (Wildman–Crippen LogP) is 0.304. The number of esters is 1. The first kappa shape index (κ1) is 12.4. The van der Waals surface area contributed by atoms with E-state index in [1.807, 2.05) is 0 Å². The molecule has 78 valence electrons. The van der Waals surface area contributed by atoms with Crippen LogP contribution in [0.25, 0.3) is 0 Å². The Balaban J connectivity index is 3.88. The van der Waals surface area contributed by atoms with Crippen LogP contribution in [0.2, 0.25) is 0 Å². The number of carbonyl (C=O) groups excluding carboxylic acids is 1. The third-order valence-corrected chi connectivity index (χ3v) is 1.78. The lowest BCUT2D eigenvalue weighted by Gasteiger charge is -2.09. The fourth-order valence-electron chi connectivity index (χ4n) is 0.787. The summed E-state index contributed by atoms with van der Waals surface area (Å²) in [4.78, 5) is 10.8. The van der Waals surface area contributed by atoms with Crippen molar-refractivity contribution in [3.8, 4) is 0 Å². The molecular weight excluding hydrogens is 196 g/mol. The van der Waals surface area contributed by atoms with Crippen molar-refractivity contribution in [2.45, 2.75) is 26.4 Å². The van der Waals surface area contributed by atoms with Crippen molar-refractivity contribution in [2.24, 2.45) is 0 Å². The zero-order valence-electron chi connectivity index (χ0n) is 7.94. The number of hydrogen-bond donors (Lipinski definition) is 0. The molecular formula is C7H14O5S. The largest absolute Gasteiger partial charge is 0.466 e. The van der Waals surface area contributed by atoms with E-state index in [9.17, 15) is 13.2 Å². The monoisotopic (exact) mass is 210 g/mol. The van der Waals surface area contributed by atoms with E-state index < -0.39 is 22.2 Å². The van der Waals surface area contributed by atoms with Gasteiger partial charge in [-0.15, -0.1) is 0 Å². The van der Waals surface area contributed by atoms with E-state index in [-0.39, 0.29) is 13.0 Å². The average molecular weight is 210 g/mol. The second-order valence-electron chi connectivity index (χ2n) is 2.62. The van der Waals surface area contributed by atoms with E-state index in [0.717, 1.165) is 6.26 Å². The Hall–Kier alpha value is -0.620. The maximum absolute atomic E-state index is 10.8. The SMILES string of the molecule is CCOC(=O)C[C@@H](C)OS(C)(=O)=O. The molecule has 0 N–H and O–H groups in total. The highest BCUT2D eigenvalue weighted by atomic mass is 32.2. The molecule has 0 aromatic rings. The van der Waals surface area contributed by atoms with Crippen molar-refractivity contribution >= 4 is 16.1 Å². The van der Waals surface area contributed by atoms with Crippen LogP contribution in [0.15, 0.2) is 0 Å². The Morgan fingerprint density at radius 1 is 1.46 bits per heavy atom. The molecule has 0 spiro atoms. The molecule has 0 aliphatic heterocycles. The fourth-order valence-corrected chi connectivity index (χ4v) is 1.45. The average Bonchev–Trinajstić information content (AvgIpc) is 1.81. The van der Waals surface area contributed by atoms with E-state index in [4.69, 9.17) is 0 Å². The predicted molar refractivity (Wildman–Crippen MR) is 46.6 cm³/mol. The van der Waals surface area contributed by atoms with Crippen molar-refractivity contribution in [3.63, 3.8) is 0 Å². The molecule has 13 heavy (non-hydrogen) atoms. The van der Waals surface area contributed by atoms with Gasteiger partial charge in [0.1, 0.15) is 0 Å². The van der Waals surface area contributed by atoms with Crippen LogP contribution in [-0.4, -0.2) is 33.4 Å². The zero-order valence-corrected chi connectivity index (χ0v) is 8.76. The Labute approximate surface area is 78.2 Å². The zero-order chi connectivity index (χ0) is 10.5. The third-order valence-electron chi connectivity index (χ3n) is 1.10. The Kier molecular flexibility index (Phi) is 4.94. The molecule has 0 saturated carbocycles. The second kappa shape index (κ2) is 5.18. The van der Waals surface area contributed by atoms with E-state index in [1.54, 1.807) is 6.92 Å². The smallest absolute Gasteiger partial charge is 0.308 e. The molecule has 6 heteroatoms. The van der Waals surface area contributed by atoms with E-state index >= 15 is 0 Å². The summed E-state index contributed by atoms with van der Waals surface area (Å²) in [5.41, 5.74) is 0. The summed E-state index contributed by atoms with van der Waals surface area (Å²) in [6.45, 7) is 3.46. The Bertz CT molecular complexity index is 256. The Morgan fingerprint density at radius 2 is 2.00 bits per heavy atom. The van der Waals surface area contributed by atoms with E-state index in [0.29, 0.717) is 0 Å². The van der Waals surface area contributed by atoms with Crippen LogP contribution in [0, 0.1) is 0 Å². The number of carbonyl (C=O) groups is 1. The first-order valence-electron chi connectivity index (χ1n) is 3.89. The molecule has 0 aromatic heterocycles. The highest BCUT2D eigenvalue weighted by molar-refractivity contribution is 7.86. The minimum Gasteiger partial charge on any atom is -0.466 e. The molecule has 5 nitrogen and oxygen atoms in total. The van der Waals surface area contributed by atoms with Crippen molar-refractivity contribution in [2.75, 3.05) is 12.9 Å². The van der Waals surface area contributed by atoms with Crippen LogP contribution >= 0.6 is 0 Å². The summed E-state index contributed by atoms with van der Waals surface area (Å²) < 4.78 is 30.4. The molecule has 0 aliphatic rings. The van der Waals surface area contributed by atoms with Gasteiger partial charge in [0.2, 0.25) is 0 Å². The summed E-state index contributed by atoms with van der Waals surface area (Å²) in [5.74, 6) is -0.460. The van der Waals surface area contributed by atoms with Gasteiger partial charge in [-0.3, -0.25) is 8.98 Å². The van der Waals surface area contributed by atoms with Gasteiger partial charge in [-0.2, -0.15) is 8.42 Å². The van der Waals surface area contributed by atoms with Crippen molar-refractivity contribution in [1.29, 1.82) is 0 Å². The molecule has 0 unspecified atom stereocenters. The summed E-state index contributed by atoms with van der Waals surface area (Å²) in [6.07, 6.45) is 0.212. The lowest BCUT2D eigenvalue weighted by Crippen LogP contribution is -2.19. The maximum atomic E-state index is 10.8. The topological polar surface area (TPSA) is 69.7 Å². The van der Waals surface area contributed by atoms with Crippen LogP contribution < -0.4 is 0 Å². The first-order valence-corrected chi connectivity index (χ1v) is 5.70. The van der Waals surface area contributed by atoms with Gasteiger partial charge in [0, 0.05) is 0 Å². The van der Waals surface area contributed by atoms with Crippen molar-refractivity contribution < 1.29 is 22.1 Å². The molecule has 0 amide bonds. The van der Waals surface area contributed by atoms with Gasteiger partial charge in [-0.05, 0) is 13.8 Å². The maximum Gasteiger partial charge on any atom is 0.308 e. The molecule has 0 saturated heterocycles. The molecule has 0 aromatic carbocycles. The van der Waals surface area contributed by atoms with Crippen LogP contribution in [0.3, 0.4) is 0 Å². The summed E-state index contributed by atoms with van der Waals surface area (Å²) >= 11 is 0. The number of hydrogen-bond acceptors (Lipinski definition) is 5. The van der Waals surface area contributed by atoms with Crippen molar-refractivity contribution in [3.05, 3.63) is 0 Å². The standard InChI is InChI=1S/C7H14O5S/c1-4-11-7(8)5-6(2)12-13(3,9)10/h6H,4-5H2,1-3H3/t6-/m1/s1. The van der Waals surface area contributed by atoms with Gasteiger partial charge in [-0.25, -0.2) is 0 Å². The normalized spacial score (nSPS) is 13.8. The third kappa shape index (κ3) is 7.73. The molecule has 0 radical (unpaired) electrons. The van der Waals surface area contributed by atoms with Gasteiger partial charge < -0.3 is 4.74 Å². The van der Waals surface area contributed by atoms with Crippen LogP contribution in [0.1, 0.15) is 20.3 Å². The summed E-state index contributed by atoms with van der Waals surface area (Å²) in [7, 11) is -3.49. The van der Waals surface area contributed by atoms with E-state index in [2.05, 4.69) is 8.92 Å². The quantitative estimate of drug-likeness (QED) is 0.482. The van der Waals surface area contributed by atoms with Crippen LogP contribution in [0.4, 0.5) is 0 Å². The minimum atomic E-state index is -3.49. The second-order valence-corrected chi connectivity index (χ2v) is 4.22. The minimum absolute atomic E-state index is 0.0547. The van der Waals surface area contributed by atoms with Gasteiger partial charge in [-0.1, -0.05) is 0 Å². The molecule has 0 rings (SSSR count). The number of ether oxygens (including phenoxy) is 1. The highest BCUT2D eigenvalue weighted by Gasteiger charge is 2.14. The van der Waals surface area contributed by atoms with Crippen LogP contribution in [0.5, 0.6) is 0 Å². The molecule has 0 fully saturated rings. The van der Waals surface area contributed by atoms with Crippen molar-refractivity contribution in [1.82, 2.24) is 0 Å². The molecule has 0 heterocycles. The molecule has 1 atom stereocenters. The van der Waals surface area contributed by atoms with Gasteiger partial charge in [0.25, 0.3) is 10.1 Å². The van der Waals surface area contributed by atoms with Gasteiger partial charge >= 0.3 is 5.97 Å². The fraction of sp³-hybridized carbons (Fsp3) is 0.857. The summed E-state index contributed by atoms with van der Waals surface area (Å²) in [6, 6.07) is 0. The molecule has 0 aliphatic carbocycles. The first-order chi connectivity index (χ1) is 5.85. The van der Waals surface area contributed by atoms with Crippen LogP contribution in [-0.2, 0) is 23.8 Å². The highest BCUT2D eigenvalue weighted by Crippen LogP contribution is 2.02.